The van der Waals surface area contributed by atoms with Gasteiger partial charge in [0.05, 0.1) is 49.7 Å². The zero-order valence-electron chi connectivity index (χ0n) is 39.6. The minimum Gasteiger partial charge on any atom is -0.494 e. The highest BCUT2D eigenvalue weighted by Crippen LogP contribution is 2.31. The molecule has 0 bridgehead atoms. The Labute approximate surface area is 422 Å². The number of hydrogen-bond acceptors (Lipinski definition) is 16. The van der Waals surface area contributed by atoms with Crippen LogP contribution in [0.3, 0.4) is 0 Å². The number of hydrogen-bond donors (Lipinski definition) is 10. The Morgan fingerprint density at radius 1 is 0.836 bits per heavy atom. The number of piperazine rings is 1. The van der Waals surface area contributed by atoms with Crippen LogP contribution in [-0.2, 0) is 43.2 Å². The van der Waals surface area contributed by atoms with Gasteiger partial charge < -0.3 is 62.2 Å². The number of alkyl halides is 2. The Hall–Kier alpha value is -7.25. The summed E-state index contributed by atoms with van der Waals surface area (Å²) in [5, 5.41) is 49.1. The van der Waals surface area contributed by atoms with Gasteiger partial charge in [-0.05, 0) is 56.5 Å². The van der Waals surface area contributed by atoms with Crippen molar-refractivity contribution in [1.82, 2.24) is 46.3 Å². The number of nitrogens with two attached hydrogens (primary N) is 1. The third-order valence-corrected chi connectivity index (χ3v) is 12.1. The van der Waals surface area contributed by atoms with Gasteiger partial charge in [-0.3, -0.25) is 53.0 Å². The molecule has 0 spiro atoms. The molecule has 10 N–H and O–H groups in total. The number of thiol groups is 1. The van der Waals surface area contributed by atoms with Crippen LogP contribution in [0.15, 0.2) is 30.5 Å². The topological polar surface area (TPSA) is 373 Å². The normalized spacial score (nSPS) is 16.9. The fourth-order valence-corrected chi connectivity index (χ4v) is 8.08. The van der Waals surface area contributed by atoms with Crippen LogP contribution in [0.1, 0.15) is 68.1 Å². The number of fused-ring (bicyclic) bond motifs is 1. The third kappa shape index (κ3) is 18.4. The van der Waals surface area contributed by atoms with Crippen molar-refractivity contribution >= 4 is 82.8 Å². The van der Waals surface area contributed by atoms with E-state index < -0.39 is 128 Å². The van der Waals surface area contributed by atoms with Gasteiger partial charge in [-0.25, -0.2) is 13.6 Å². The number of aromatic nitrogens is 1. The molecule has 0 aliphatic carbocycles. The first-order chi connectivity index (χ1) is 34.6. The van der Waals surface area contributed by atoms with E-state index in [1.807, 2.05) is 0 Å². The molecule has 0 saturated carbocycles. The van der Waals surface area contributed by atoms with Crippen molar-refractivity contribution in [2.75, 3.05) is 64.7 Å². The number of nitrogens with zero attached hydrogens (tertiary/aromatic N) is 5. The van der Waals surface area contributed by atoms with E-state index in [9.17, 15) is 77.3 Å². The fraction of sp³-hybridized carbons (Fsp3) is 0.556. The molecule has 5 atom stereocenters. The highest BCUT2D eigenvalue weighted by molar-refractivity contribution is 7.80. The summed E-state index contributed by atoms with van der Waals surface area (Å²) in [6, 6.07) is 0.243. The number of carboxylic acid groups (broad SMARTS) is 3. The number of benzene rings is 1. The minimum absolute atomic E-state index is 0.112. The Morgan fingerprint density at radius 3 is 2.08 bits per heavy atom. The van der Waals surface area contributed by atoms with E-state index in [-0.39, 0.29) is 49.6 Å². The molecule has 73 heavy (non-hydrogen) atoms. The molecule has 0 radical (unpaired) electrons. The number of unbranched alkanes of at least 4 members (excludes halogenated alkanes) is 1. The molecule has 2 aromatic rings. The smallest absolute Gasteiger partial charge is 0.327 e. The van der Waals surface area contributed by atoms with Crippen LogP contribution < -0.4 is 37.1 Å². The number of halogens is 2. The van der Waals surface area contributed by atoms with Gasteiger partial charge in [-0.2, -0.15) is 17.9 Å². The van der Waals surface area contributed by atoms with Crippen molar-refractivity contribution in [1.29, 1.82) is 5.26 Å². The predicted molar refractivity (Wildman–Crippen MR) is 254 cm³/mol. The maximum Gasteiger partial charge on any atom is 0.327 e. The van der Waals surface area contributed by atoms with E-state index in [1.54, 1.807) is 29.2 Å². The van der Waals surface area contributed by atoms with Gasteiger partial charge in [0.25, 0.3) is 11.8 Å². The summed E-state index contributed by atoms with van der Waals surface area (Å²) in [7, 11) is 0. The molecule has 1 aromatic heterocycles. The van der Waals surface area contributed by atoms with Gasteiger partial charge in [-0.1, -0.05) is 0 Å². The van der Waals surface area contributed by atoms with Crippen molar-refractivity contribution in [3.05, 3.63) is 36.0 Å². The lowest BCUT2D eigenvalue weighted by molar-refractivity contribution is -0.143. The number of ether oxygens (including phenoxy) is 1. The van der Waals surface area contributed by atoms with Crippen LogP contribution in [0.25, 0.3) is 10.9 Å². The van der Waals surface area contributed by atoms with Gasteiger partial charge in [0, 0.05) is 69.3 Å². The lowest BCUT2D eigenvalue weighted by atomic mass is 10.1. The summed E-state index contributed by atoms with van der Waals surface area (Å²) in [5.74, 6) is -13.6. The molecule has 0 unspecified atom stereocenters. The largest absolute Gasteiger partial charge is 0.494 e. The molecule has 7 amide bonds. The van der Waals surface area contributed by atoms with Crippen LogP contribution in [0.2, 0.25) is 0 Å². The van der Waals surface area contributed by atoms with Gasteiger partial charge in [0.15, 0.2) is 0 Å². The van der Waals surface area contributed by atoms with E-state index in [2.05, 4.69) is 49.1 Å². The van der Waals surface area contributed by atoms with Crippen molar-refractivity contribution in [2.24, 2.45) is 5.73 Å². The van der Waals surface area contributed by atoms with Crippen molar-refractivity contribution in [3.63, 3.8) is 0 Å². The van der Waals surface area contributed by atoms with Crippen LogP contribution in [-0.4, -0.2) is 195 Å². The Bertz CT molecular complexity index is 2400. The quantitative estimate of drug-likeness (QED) is 0.0341. The van der Waals surface area contributed by atoms with E-state index in [0.717, 1.165) is 4.90 Å². The number of amides is 7. The van der Waals surface area contributed by atoms with Crippen LogP contribution in [0.4, 0.5) is 8.78 Å². The maximum atomic E-state index is 13.8. The van der Waals surface area contributed by atoms with Gasteiger partial charge in [0.2, 0.25) is 35.4 Å². The second-order valence-electron chi connectivity index (χ2n) is 17.2. The number of carbonyl (C=O) groups is 10. The average molecular weight is 1050 g/mol. The highest BCUT2D eigenvalue weighted by atomic mass is 32.1. The predicted octanol–water partition coefficient (Wildman–Crippen LogP) is -1.55. The second kappa shape index (κ2) is 28.1. The van der Waals surface area contributed by atoms with Gasteiger partial charge in [0.1, 0.15) is 36.0 Å². The average Bonchev–Trinajstić information content (AvgIpc) is 3.68. The summed E-state index contributed by atoms with van der Waals surface area (Å²) < 4.78 is 33.6. The zero-order chi connectivity index (χ0) is 53.8. The molecule has 28 heteroatoms. The molecule has 2 aliphatic heterocycles. The second-order valence-corrected chi connectivity index (χ2v) is 17.5. The molecule has 25 nitrogen and oxygen atoms in total. The fourth-order valence-electron chi connectivity index (χ4n) is 7.84. The van der Waals surface area contributed by atoms with E-state index in [4.69, 9.17) is 10.5 Å². The third-order valence-electron chi connectivity index (χ3n) is 11.7. The lowest BCUT2D eigenvalue weighted by Gasteiger charge is -2.34. The van der Waals surface area contributed by atoms with Crippen molar-refractivity contribution < 1.29 is 76.8 Å². The molecule has 2 fully saturated rings. The number of likely N-dealkylation sites (tertiary alicyclic amines) is 1. The van der Waals surface area contributed by atoms with Crippen LogP contribution >= 0.6 is 12.6 Å². The molecular weight excluding hydrogens is 989 g/mol. The Morgan fingerprint density at radius 2 is 1.47 bits per heavy atom. The molecule has 398 valence electrons. The number of nitrogens with one attached hydrogen (secondary N) is 5. The van der Waals surface area contributed by atoms with Gasteiger partial charge >= 0.3 is 17.9 Å². The number of aliphatic carboxylic acids is 3. The van der Waals surface area contributed by atoms with Crippen LogP contribution in [0.5, 0.6) is 5.75 Å². The number of carbonyl (C=O) groups excluding carboxylic acids is 7. The summed E-state index contributed by atoms with van der Waals surface area (Å²) >= 11 is 3.84. The molecule has 3 heterocycles. The highest BCUT2D eigenvalue weighted by Gasteiger charge is 2.47. The number of carboxylic acids is 3. The molecule has 2 aliphatic rings. The molecule has 2 saturated heterocycles. The van der Waals surface area contributed by atoms with Crippen LogP contribution in [0, 0.1) is 11.3 Å². The van der Waals surface area contributed by atoms with E-state index >= 15 is 0 Å². The maximum absolute atomic E-state index is 13.8. The number of nitriles is 1. The summed E-state index contributed by atoms with van der Waals surface area (Å²) in [5.41, 5.74) is 6.19. The molecule has 4 rings (SSSR count). The van der Waals surface area contributed by atoms with Crippen molar-refractivity contribution in [2.45, 2.75) is 93.9 Å². The standard InChI is InChI=1S/C45H59F2N11O14S/c46-45(47)21-26(22-49)58(25-45)37(61)23-51-40(66)28-9-11-50-30-6-5-27(18-29(28)30)72-17-3-12-56-13-15-57(16-14-56)36(60)8-7-35(59)52-32(19-38(62)63)42(68)53-31(4-1-2-10-48)41(67)54-33(20-39(64)65)43(69)55-34(24-73)44(70)71/h5-6,9,11,18,26,31-34,73H,1-4,7-8,10,12-17,19-21,23-25,48H2,(H,51,66)(H,52,59)(H,53,68)(H,54,67)(H,55,69)(H,62,63)(H,64,65)(H,70,71)/t26-,31-,32-,33-,34-/m0/s1. The Kier molecular flexibility index (Phi) is 22.5. The first kappa shape index (κ1) is 58.3. The van der Waals surface area contributed by atoms with E-state index in [1.165, 1.54) is 12.3 Å². The molecule has 1 aromatic carbocycles. The van der Waals surface area contributed by atoms with Gasteiger partial charge in [-0.15, -0.1) is 0 Å². The lowest BCUT2D eigenvalue weighted by Crippen LogP contribution is -2.58. The SMILES string of the molecule is N#C[C@@H]1CC(F)(F)CN1C(=O)CNC(=O)c1ccnc2ccc(OCCCN3CCN(C(=O)CCC(=O)N[C@@H](CC(=O)O)C(=O)N[C@@H](CCCCN)C(=O)N[C@@H](CC(=O)O)C(=O)N[C@@H](CS)C(=O)O)CC3)cc12. The Balaban J connectivity index is 1.23. The first-order valence-electron chi connectivity index (χ1n) is 23.2. The summed E-state index contributed by atoms with van der Waals surface area (Å²) in [6.07, 6.45) is -0.892. The summed E-state index contributed by atoms with van der Waals surface area (Å²) in [4.78, 5) is 135. The summed E-state index contributed by atoms with van der Waals surface area (Å²) in [6.45, 7) is 1.23. The minimum atomic E-state index is -3.20. The monoisotopic (exact) mass is 1050 g/mol. The molecular formula is C45H59F2N11O14S. The number of rotatable bonds is 28. The van der Waals surface area contributed by atoms with Crippen molar-refractivity contribution in [3.8, 4) is 11.8 Å². The zero-order valence-corrected chi connectivity index (χ0v) is 40.5. The number of pyridine rings is 1. The van der Waals surface area contributed by atoms with E-state index in [0.29, 0.717) is 62.2 Å². The first-order valence-corrected chi connectivity index (χ1v) is 23.8.